The summed E-state index contributed by atoms with van der Waals surface area (Å²) in [6, 6.07) is 9.25. The Morgan fingerprint density at radius 2 is 1.87 bits per heavy atom. The van der Waals surface area contributed by atoms with Gasteiger partial charge in [-0.15, -0.1) is 10.2 Å². The predicted octanol–water partition coefficient (Wildman–Crippen LogP) is 3.63. The van der Waals surface area contributed by atoms with Crippen molar-refractivity contribution < 1.29 is 0 Å². The summed E-state index contributed by atoms with van der Waals surface area (Å²) < 4.78 is 2.30. The fourth-order valence-electron chi connectivity index (χ4n) is 3.24. The van der Waals surface area contributed by atoms with Crippen LogP contribution in [0.5, 0.6) is 0 Å². The van der Waals surface area contributed by atoms with Crippen molar-refractivity contribution in [2.24, 2.45) is 0 Å². The van der Waals surface area contributed by atoms with Crippen molar-refractivity contribution in [2.45, 2.75) is 65.0 Å². The molecule has 0 saturated carbocycles. The van der Waals surface area contributed by atoms with Crippen LogP contribution in [0.15, 0.2) is 24.3 Å². The van der Waals surface area contributed by atoms with E-state index in [0.29, 0.717) is 5.92 Å². The monoisotopic (exact) mass is 312 g/mol. The molecule has 2 heterocycles. The molecular formula is C19H28N4. The van der Waals surface area contributed by atoms with Gasteiger partial charge in [0.25, 0.3) is 0 Å². The Morgan fingerprint density at radius 1 is 1.09 bits per heavy atom. The van der Waals surface area contributed by atoms with E-state index < -0.39 is 0 Å². The van der Waals surface area contributed by atoms with Crippen LogP contribution in [0.3, 0.4) is 0 Å². The van der Waals surface area contributed by atoms with Crippen molar-refractivity contribution in [1.29, 1.82) is 0 Å². The molecule has 0 radical (unpaired) electrons. The van der Waals surface area contributed by atoms with Gasteiger partial charge in [0, 0.05) is 13.0 Å². The molecule has 4 nitrogen and oxygen atoms in total. The minimum absolute atomic E-state index is 0.254. The highest BCUT2D eigenvalue weighted by Gasteiger charge is 2.19. The van der Waals surface area contributed by atoms with Gasteiger partial charge in [-0.2, -0.15) is 0 Å². The Kier molecular flexibility index (Phi) is 5.11. The third kappa shape index (κ3) is 3.81. The fourth-order valence-corrected chi connectivity index (χ4v) is 3.24. The summed E-state index contributed by atoms with van der Waals surface area (Å²) in [5.74, 6) is 2.85. The summed E-state index contributed by atoms with van der Waals surface area (Å²) in [6.07, 6.45) is 4.60. The smallest absolute Gasteiger partial charge is 0.149 e. The Morgan fingerprint density at radius 3 is 2.61 bits per heavy atom. The molecule has 124 valence electrons. The zero-order valence-electron chi connectivity index (χ0n) is 14.5. The van der Waals surface area contributed by atoms with E-state index in [1.165, 1.54) is 24.0 Å². The van der Waals surface area contributed by atoms with Gasteiger partial charge in [-0.3, -0.25) is 0 Å². The van der Waals surface area contributed by atoms with Crippen LogP contribution in [0, 0.1) is 0 Å². The molecule has 0 amide bonds. The van der Waals surface area contributed by atoms with E-state index in [-0.39, 0.29) is 6.04 Å². The summed E-state index contributed by atoms with van der Waals surface area (Å²) in [4.78, 5) is 0. The minimum Gasteiger partial charge on any atom is -0.314 e. The highest BCUT2D eigenvalue weighted by Crippen LogP contribution is 2.19. The molecule has 23 heavy (non-hydrogen) atoms. The number of aromatic nitrogens is 3. The molecule has 1 aliphatic rings. The maximum absolute atomic E-state index is 4.40. The number of nitrogens with one attached hydrogen (secondary N) is 1. The fraction of sp³-hybridized carbons (Fsp3) is 0.579. The highest BCUT2D eigenvalue weighted by molar-refractivity contribution is 5.24. The first-order valence-corrected chi connectivity index (χ1v) is 8.89. The van der Waals surface area contributed by atoms with Crippen molar-refractivity contribution >= 4 is 0 Å². The van der Waals surface area contributed by atoms with Crippen molar-refractivity contribution in [3.05, 3.63) is 47.0 Å². The van der Waals surface area contributed by atoms with Gasteiger partial charge >= 0.3 is 0 Å². The van der Waals surface area contributed by atoms with E-state index in [1.807, 2.05) is 0 Å². The number of hydrogen-bond donors (Lipinski definition) is 1. The molecule has 0 unspecified atom stereocenters. The number of nitrogens with zero attached hydrogens (tertiary/aromatic N) is 3. The topological polar surface area (TPSA) is 42.7 Å². The van der Waals surface area contributed by atoms with Crippen LogP contribution in [0.4, 0.5) is 0 Å². The van der Waals surface area contributed by atoms with Gasteiger partial charge in [0.05, 0.1) is 6.04 Å². The molecule has 0 bridgehead atoms. The largest absolute Gasteiger partial charge is 0.314 e. The molecule has 4 heteroatoms. The van der Waals surface area contributed by atoms with Gasteiger partial charge < -0.3 is 9.88 Å². The minimum atomic E-state index is 0.254. The average molecular weight is 312 g/mol. The molecule has 3 rings (SSSR count). The SMILES string of the molecule is CC(C)c1ccc(CCN[C@@H](C)c2nnc3n2CCCC3)cc1. The maximum Gasteiger partial charge on any atom is 0.149 e. The van der Waals surface area contributed by atoms with Gasteiger partial charge in [-0.25, -0.2) is 0 Å². The Labute approximate surface area is 139 Å². The van der Waals surface area contributed by atoms with Crippen LogP contribution in [-0.4, -0.2) is 21.3 Å². The van der Waals surface area contributed by atoms with Crippen LogP contribution >= 0.6 is 0 Å². The van der Waals surface area contributed by atoms with Crippen LogP contribution in [-0.2, 0) is 19.4 Å². The molecule has 2 aromatic rings. The van der Waals surface area contributed by atoms with E-state index in [4.69, 9.17) is 0 Å². The first kappa shape index (κ1) is 16.2. The van der Waals surface area contributed by atoms with Gasteiger partial charge in [0.2, 0.25) is 0 Å². The molecule has 1 aromatic carbocycles. The van der Waals surface area contributed by atoms with Gasteiger partial charge in [0.15, 0.2) is 0 Å². The summed E-state index contributed by atoms with van der Waals surface area (Å²) in [7, 11) is 0. The molecule has 1 aromatic heterocycles. The number of hydrogen-bond acceptors (Lipinski definition) is 3. The van der Waals surface area contributed by atoms with Crippen LogP contribution in [0.25, 0.3) is 0 Å². The van der Waals surface area contributed by atoms with E-state index in [0.717, 1.165) is 37.6 Å². The van der Waals surface area contributed by atoms with Gasteiger partial charge in [-0.1, -0.05) is 38.1 Å². The van der Waals surface area contributed by atoms with Crippen molar-refractivity contribution in [3.8, 4) is 0 Å². The van der Waals surface area contributed by atoms with Gasteiger partial charge in [-0.05, 0) is 49.8 Å². The summed E-state index contributed by atoms with van der Waals surface area (Å²) >= 11 is 0. The van der Waals surface area contributed by atoms with Crippen LogP contribution in [0.1, 0.15) is 68.3 Å². The maximum atomic E-state index is 4.40. The molecule has 0 aliphatic carbocycles. The molecule has 1 N–H and O–H groups in total. The van der Waals surface area contributed by atoms with E-state index in [2.05, 4.69) is 65.1 Å². The summed E-state index contributed by atoms with van der Waals surface area (Å²) in [6.45, 7) is 8.69. The van der Waals surface area contributed by atoms with Crippen LogP contribution < -0.4 is 5.32 Å². The zero-order chi connectivity index (χ0) is 16.2. The Balaban J connectivity index is 1.53. The lowest BCUT2D eigenvalue weighted by molar-refractivity contribution is 0.467. The molecule has 0 fully saturated rings. The Bertz CT molecular complexity index is 627. The first-order chi connectivity index (χ1) is 11.1. The Hall–Kier alpha value is -1.68. The molecule has 0 saturated heterocycles. The molecule has 1 aliphatic heterocycles. The van der Waals surface area contributed by atoms with Crippen molar-refractivity contribution in [1.82, 2.24) is 20.1 Å². The lowest BCUT2D eigenvalue weighted by Gasteiger charge is -2.18. The lowest BCUT2D eigenvalue weighted by atomic mass is 10.0. The second-order valence-corrected chi connectivity index (χ2v) is 6.91. The highest BCUT2D eigenvalue weighted by atomic mass is 15.3. The standard InChI is InChI=1S/C19H28N4/c1-14(2)17-9-7-16(8-10-17)11-12-20-15(3)19-22-21-18-6-4-5-13-23(18)19/h7-10,14-15,20H,4-6,11-13H2,1-3H3/t15-/m0/s1. The quantitative estimate of drug-likeness (QED) is 0.885. The number of aryl methyl sites for hydroxylation is 1. The molecule has 1 atom stereocenters. The number of fused-ring (bicyclic) bond motifs is 1. The normalized spacial score (nSPS) is 15.7. The summed E-state index contributed by atoms with van der Waals surface area (Å²) in [5.41, 5.74) is 2.79. The van der Waals surface area contributed by atoms with E-state index in [9.17, 15) is 0 Å². The molecular weight excluding hydrogens is 284 g/mol. The third-order valence-corrected chi connectivity index (χ3v) is 4.79. The first-order valence-electron chi connectivity index (χ1n) is 8.89. The van der Waals surface area contributed by atoms with Crippen molar-refractivity contribution in [3.63, 3.8) is 0 Å². The van der Waals surface area contributed by atoms with Crippen LogP contribution in [0.2, 0.25) is 0 Å². The van der Waals surface area contributed by atoms with Gasteiger partial charge in [0.1, 0.15) is 11.6 Å². The third-order valence-electron chi connectivity index (χ3n) is 4.79. The van der Waals surface area contributed by atoms with E-state index >= 15 is 0 Å². The predicted molar refractivity (Wildman–Crippen MR) is 93.6 cm³/mol. The number of benzene rings is 1. The lowest BCUT2D eigenvalue weighted by Crippen LogP contribution is -2.25. The average Bonchev–Trinajstić information content (AvgIpc) is 2.99. The number of rotatable bonds is 6. The summed E-state index contributed by atoms with van der Waals surface area (Å²) in [5, 5.41) is 12.3. The second-order valence-electron chi connectivity index (χ2n) is 6.91. The second kappa shape index (κ2) is 7.26. The van der Waals surface area contributed by atoms with Crippen molar-refractivity contribution in [2.75, 3.05) is 6.54 Å². The zero-order valence-corrected chi connectivity index (χ0v) is 14.5. The molecule has 0 spiro atoms. The van der Waals surface area contributed by atoms with E-state index in [1.54, 1.807) is 0 Å².